The van der Waals surface area contributed by atoms with Crippen LogP contribution in [0.15, 0.2) is 11.6 Å². The molecule has 5 atom stereocenters. The highest BCUT2D eigenvalue weighted by Crippen LogP contribution is 2.54. The maximum absolute atomic E-state index is 2.60. The van der Waals surface area contributed by atoms with Gasteiger partial charge in [0.05, 0.1) is 0 Å². The topological polar surface area (TPSA) is 0 Å². The van der Waals surface area contributed by atoms with E-state index in [-0.39, 0.29) is 0 Å². The van der Waals surface area contributed by atoms with Gasteiger partial charge in [0.1, 0.15) is 0 Å². The molecule has 4 aliphatic carbocycles. The van der Waals surface area contributed by atoms with Crippen molar-refractivity contribution in [2.45, 2.75) is 110 Å². The highest BCUT2D eigenvalue weighted by Gasteiger charge is 2.45. The van der Waals surface area contributed by atoms with Crippen LogP contribution in [0.4, 0.5) is 0 Å². The van der Waals surface area contributed by atoms with Crippen molar-refractivity contribution in [3.63, 3.8) is 0 Å². The lowest BCUT2D eigenvalue weighted by Crippen LogP contribution is -2.30. The van der Waals surface area contributed by atoms with Crippen molar-refractivity contribution >= 4 is 0 Å². The van der Waals surface area contributed by atoms with Gasteiger partial charge in [0.25, 0.3) is 0 Å². The zero-order valence-corrected chi connectivity index (χ0v) is 16.9. The van der Waals surface area contributed by atoms with Crippen LogP contribution in [-0.4, -0.2) is 0 Å². The largest absolute Gasteiger partial charge is 0.0853 e. The molecule has 0 bridgehead atoms. The Morgan fingerprint density at radius 3 is 2.44 bits per heavy atom. The van der Waals surface area contributed by atoms with Crippen LogP contribution in [0.1, 0.15) is 110 Å². The molecule has 0 aromatic carbocycles. The summed E-state index contributed by atoms with van der Waals surface area (Å²) in [6.45, 7) is 2.51. The normalized spacial score (nSPS) is 40.4. The zero-order chi connectivity index (χ0) is 17.1. The van der Waals surface area contributed by atoms with Crippen molar-refractivity contribution in [3.8, 4) is 0 Å². The van der Waals surface area contributed by atoms with Gasteiger partial charge in [-0.2, -0.15) is 0 Å². The summed E-state index contributed by atoms with van der Waals surface area (Å²) in [6, 6.07) is 0. The maximum Gasteiger partial charge on any atom is -0.0318 e. The quantitative estimate of drug-likeness (QED) is 0.445. The Morgan fingerprint density at radius 2 is 1.72 bits per heavy atom. The minimum Gasteiger partial charge on any atom is -0.0853 e. The number of allylic oxidation sites excluding steroid dienone is 2. The van der Waals surface area contributed by atoms with E-state index < -0.39 is 0 Å². The van der Waals surface area contributed by atoms with Gasteiger partial charge in [-0.25, -0.2) is 0 Å². The average molecular weight is 343 g/mol. The molecule has 0 aliphatic heterocycles. The van der Waals surface area contributed by atoms with Gasteiger partial charge in [0.15, 0.2) is 0 Å². The van der Waals surface area contributed by atoms with Crippen LogP contribution in [0.25, 0.3) is 0 Å². The first-order chi connectivity index (χ1) is 12.3. The summed E-state index contributed by atoms with van der Waals surface area (Å²) in [6.07, 6.45) is 26.8. The molecule has 0 spiro atoms. The molecule has 4 rings (SSSR count). The van der Waals surface area contributed by atoms with Gasteiger partial charge in [0, 0.05) is 0 Å². The predicted octanol–water partition coefficient (Wildman–Crippen LogP) is 7.93. The van der Waals surface area contributed by atoms with E-state index >= 15 is 0 Å². The first-order valence-corrected chi connectivity index (χ1v) is 12.0. The molecule has 0 aromatic rings. The van der Waals surface area contributed by atoms with Gasteiger partial charge < -0.3 is 0 Å². The molecule has 0 heterocycles. The highest BCUT2D eigenvalue weighted by atomic mass is 14.5. The Balaban J connectivity index is 1.42. The first-order valence-electron chi connectivity index (χ1n) is 12.0. The summed E-state index contributed by atoms with van der Waals surface area (Å²) >= 11 is 0. The second kappa shape index (κ2) is 8.62. The van der Waals surface area contributed by atoms with Crippen LogP contribution in [0, 0.1) is 35.5 Å². The number of hydrogen-bond acceptors (Lipinski definition) is 0. The highest BCUT2D eigenvalue weighted by molar-refractivity contribution is 5.06. The third kappa shape index (κ3) is 4.36. The Morgan fingerprint density at radius 1 is 0.840 bits per heavy atom. The van der Waals surface area contributed by atoms with Crippen LogP contribution in [-0.2, 0) is 0 Å². The molecule has 0 N–H and O–H groups in total. The Kier molecular flexibility index (Phi) is 6.25. The molecule has 0 radical (unpaired) electrons. The van der Waals surface area contributed by atoms with E-state index in [0.717, 1.165) is 35.5 Å². The van der Waals surface area contributed by atoms with E-state index in [9.17, 15) is 0 Å². The summed E-state index contributed by atoms with van der Waals surface area (Å²) in [5, 5.41) is 0. The van der Waals surface area contributed by atoms with Gasteiger partial charge in [-0.15, -0.1) is 0 Å². The molecule has 3 fully saturated rings. The Bertz CT molecular complexity index is 441. The zero-order valence-electron chi connectivity index (χ0n) is 16.9. The molecular formula is C25H42. The van der Waals surface area contributed by atoms with Crippen molar-refractivity contribution < 1.29 is 0 Å². The average Bonchev–Trinajstić information content (AvgIpc) is 3.27. The van der Waals surface area contributed by atoms with Gasteiger partial charge in [0.2, 0.25) is 0 Å². The molecular weight excluding hydrogens is 300 g/mol. The molecule has 0 saturated heterocycles. The van der Waals surface area contributed by atoms with Gasteiger partial charge in [-0.05, 0) is 99.7 Å². The van der Waals surface area contributed by atoms with Crippen molar-refractivity contribution in [3.05, 3.63) is 11.6 Å². The first kappa shape index (κ1) is 18.1. The van der Waals surface area contributed by atoms with E-state index in [2.05, 4.69) is 13.0 Å². The van der Waals surface area contributed by atoms with Crippen LogP contribution in [0.5, 0.6) is 0 Å². The Labute approximate surface area is 157 Å². The third-order valence-corrected chi connectivity index (χ3v) is 8.67. The summed E-state index contributed by atoms with van der Waals surface area (Å²) in [7, 11) is 0. The lowest BCUT2D eigenvalue weighted by atomic mass is 9.67. The van der Waals surface area contributed by atoms with Crippen molar-refractivity contribution in [1.82, 2.24) is 0 Å². The van der Waals surface area contributed by atoms with Crippen molar-refractivity contribution in [2.75, 3.05) is 0 Å². The summed E-state index contributed by atoms with van der Waals surface area (Å²) in [5.41, 5.74) is 1.83. The van der Waals surface area contributed by atoms with E-state index in [4.69, 9.17) is 0 Å². The van der Waals surface area contributed by atoms with Gasteiger partial charge in [-0.1, -0.05) is 57.1 Å². The molecule has 3 saturated carbocycles. The van der Waals surface area contributed by atoms with Crippen LogP contribution < -0.4 is 0 Å². The van der Waals surface area contributed by atoms with Gasteiger partial charge in [-0.3, -0.25) is 0 Å². The minimum absolute atomic E-state index is 1.02. The van der Waals surface area contributed by atoms with E-state index in [0.29, 0.717) is 0 Å². The molecule has 4 aliphatic rings. The summed E-state index contributed by atoms with van der Waals surface area (Å²) < 4.78 is 0. The lowest BCUT2D eigenvalue weighted by molar-refractivity contribution is 0.119. The van der Waals surface area contributed by atoms with Crippen molar-refractivity contribution in [1.29, 1.82) is 0 Å². The fraction of sp³-hybridized carbons (Fsp3) is 0.920. The SMILES string of the molecule is CC1CCC(C2CCC(CCC3=CCCCC3)C2C2CCCCC2)C1. The molecule has 0 heteroatoms. The predicted molar refractivity (Wildman–Crippen MR) is 109 cm³/mol. The molecule has 0 aromatic heterocycles. The second-order valence-corrected chi connectivity index (χ2v) is 10.3. The molecule has 0 nitrogen and oxygen atoms in total. The Hall–Kier alpha value is -0.260. The van der Waals surface area contributed by atoms with E-state index in [1.807, 2.05) is 5.57 Å². The van der Waals surface area contributed by atoms with Crippen molar-refractivity contribution in [2.24, 2.45) is 35.5 Å². The van der Waals surface area contributed by atoms with Crippen LogP contribution in [0.3, 0.4) is 0 Å². The monoisotopic (exact) mass is 342 g/mol. The second-order valence-electron chi connectivity index (χ2n) is 10.3. The summed E-state index contributed by atoms with van der Waals surface area (Å²) in [4.78, 5) is 0. The van der Waals surface area contributed by atoms with E-state index in [1.165, 1.54) is 64.2 Å². The maximum atomic E-state index is 2.60. The fourth-order valence-electron chi connectivity index (χ4n) is 7.42. The van der Waals surface area contributed by atoms with E-state index in [1.54, 1.807) is 38.5 Å². The molecule has 25 heavy (non-hydrogen) atoms. The van der Waals surface area contributed by atoms with Crippen LogP contribution >= 0.6 is 0 Å². The number of hydrogen-bond donors (Lipinski definition) is 0. The molecule has 0 amide bonds. The fourth-order valence-corrected chi connectivity index (χ4v) is 7.42. The third-order valence-electron chi connectivity index (χ3n) is 8.67. The molecule has 5 unspecified atom stereocenters. The van der Waals surface area contributed by atoms with Gasteiger partial charge >= 0.3 is 0 Å². The molecule has 142 valence electrons. The number of rotatable bonds is 5. The minimum atomic E-state index is 1.02. The standard InChI is InChI=1S/C25H42/c1-19-12-14-23(18-19)24-17-16-22(15-13-20-8-4-2-5-9-20)25(24)21-10-6-3-7-11-21/h8,19,21-25H,2-7,9-18H2,1H3. The summed E-state index contributed by atoms with van der Waals surface area (Å²) in [5.74, 6) is 6.51. The smallest absolute Gasteiger partial charge is 0.0318 e. The lowest BCUT2D eigenvalue weighted by Gasteiger charge is -2.38. The van der Waals surface area contributed by atoms with Crippen LogP contribution in [0.2, 0.25) is 0 Å².